The van der Waals surface area contributed by atoms with E-state index in [1.54, 1.807) is 38.1 Å². The first-order chi connectivity index (χ1) is 7.97. The maximum Gasteiger partial charge on any atom is 0.334 e. The zero-order chi connectivity index (χ0) is 13.1. The standard InChI is InChI=1S/C13H17NO3/c1-10(2)13(12(16)17,14(3)9-15)11-7-5-4-6-8-11/h4-10H,1-3H3,(H,16,17). The summed E-state index contributed by atoms with van der Waals surface area (Å²) in [5.41, 5.74) is -0.708. The molecule has 0 fully saturated rings. The number of aliphatic carboxylic acids is 1. The van der Waals surface area contributed by atoms with Gasteiger partial charge in [-0.1, -0.05) is 44.2 Å². The van der Waals surface area contributed by atoms with E-state index in [4.69, 9.17) is 0 Å². The quantitative estimate of drug-likeness (QED) is 0.790. The van der Waals surface area contributed by atoms with E-state index in [1.165, 1.54) is 11.9 Å². The number of carboxylic acids is 1. The molecule has 1 rings (SSSR count). The van der Waals surface area contributed by atoms with E-state index >= 15 is 0 Å². The van der Waals surface area contributed by atoms with Crippen molar-refractivity contribution < 1.29 is 14.7 Å². The molecule has 17 heavy (non-hydrogen) atoms. The Bertz CT molecular complexity index is 402. The zero-order valence-electron chi connectivity index (χ0n) is 10.3. The molecule has 0 saturated carbocycles. The van der Waals surface area contributed by atoms with Crippen LogP contribution in [0.15, 0.2) is 30.3 Å². The van der Waals surface area contributed by atoms with Gasteiger partial charge in [-0.3, -0.25) is 4.79 Å². The highest BCUT2D eigenvalue weighted by Crippen LogP contribution is 2.34. The summed E-state index contributed by atoms with van der Waals surface area (Å²) in [6, 6.07) is 8.82. The lowest BCUT2D eigenvalue weighted by Crippen LogP contribution is -2.53. The molecule has 1 N–H and O–H groups in total. The highest BCUT2D eigenvalue weighted by atomic mass is 16.4. The molecule has 0 spiro atoms. The molecule has 1 atom stereocenters. The maximum absolute atomic E-state index is 11.7. The molecule has 0 bridgehead atoms. The Balaban J connectivity index is 3.46. The number of amides is 1. The Morgan fingerprint density at radius 3 is 2.24 bits per heavy atom. The molecule has 1 aromatic carbocycles. The summed E-state index contributed by atoms with van der Waals surface area (Å²) in [5, 5.41) is 9.55. The highest BCUT2D eigenvalue weighted by Gasteiger charge is 2.46. The Hall–Kier alpha value is -1.84. The van der Waals surface area contributed by atoms with Gasteiger partial charge < -0.3 is 10.0 Å². The summed E-state index contributed by atoms with van der Waals surface area (Å²) < 4.78 is 0. The largest absolute Gasteiger partial charge is 0.479 e. The van der Waals surface area contributed by atoms with Crippen molar-refractivity contribution in [2.75, 3.05) is 7.05 Å². The molecule has 0 radical (unpaired) electrons. The second-order valence-electron chi connectivity index (χ2n) is 4.31. The van der Waals surface area contributed by atoms with Gasteiger partial charge in [0.15, 0.2) is 5.54 Å². The predicted molar refractivity (Wildman–Crippen MR) is 64.4 cm³/mol. The molecule has 0 aromatic heterocycles. The van der Waals surface area contributed by atoms with Crippen molar-refractivity contribution in [2.24, 2.45) is 5.92 Å². The molecule has 1 aromatic rings. The average molecular weight is 235 g/mol. The first kappa shape index (κ1) is 13.2. The van der Waals surface area contributed by atoms with Gasteiger partial charge in [-0.25, -0.2) is 4.79 Å². The third-order valence-corrected chi connectivity index (χ3v) is 3.09. The van der Waals surface area contributed by atoms with Crippen LogP contribution in [-0.2, 0) is 15.1 Å². The number of benzene rings is 1. The molecule has 0 saturated heterocycles. The first-order valence-corrected chi connectivity index (χ1v) is 5.45. The van der Waals surface area contributed by atoms with Crippen LogP contribution in [0.4, 0.5) is 0 Å². The topological polar surface area (TPSA) is 57.6 Å². The number of rotatable bonds is 5. The van der Waals surface area contributed by atoms with Gasteiger partial charge in [-0.2, -0.15) is 0 Å². The summed E-state index contributed by atoms with van der Waals surface area (Å²) in [5.74, 6) is -1.26. The molecular weight excluding hydrogens is 218 g/mol. The number of carbonyl (C=O) groups excluding carboxylic acids is 1. The van der Waals surface area contributed by atoms with Gasteiger partial charge >= 0.3 is 5.97 Å². The summed E-state index contributed by atoms with van der Waals surface area (Å²) in [6.07, 6.45) is 0.557. The summed E-state index contributed by atoms with van der Waals surface area (Å²) >= 11 is 0. The Morgan fingerprint density at radius 1 is 1.35 bits per heavy atom. The van der Waals surface area contributed by atoms with E-state index in [1.807, 2.05) is 6.07 Å². The van der Waals surface area contributed by atoms with E-state index in [0.717, 1.165) is 0 Å². The lowest BCUT2D eigenvalue weighted by molar-refractivity contribution is -0.158. The van der Waals surface area contributed by atoms with Crippen molar-refractivity contribution in [1.29, 1.82) is 0 Å². The van der Waals surface area contributed by atoms with Gasteiger partial charge in [0.05, 0.1) is 0 Å². The second-order valence-corrected chi connectivity index (χ2v) is 4.31. The minimum absolute atomic E-state index is 0.238. The van der Waals surface area contributed by atoms with E-state index in [9.17, 15) is 14.7 Å². The average Bonchev–Trinajstić information content (AvgIpc) is 2.30. The van der Waals surface area contributed by atoms with E-state index in [-0.39, 0.29) is 5.92 Å². The van der Waals surface area contributed by atoms with Crippen molar-refractivity contribution in [2.45, 2.75) is 19.4 Å². The number of hydrogen-bond donors (Lipinski definition) is 1. The van der Waals surface area contributed by atoms with Crippen molar-refractivity contribution in [3.8, 4) is 0 Å². The molecule has 0 aliphatic carbocycles. The summed E-state index contributed by atoms with van der Waals surface area (Å²) in [7, 11) is 1.49. The molecule has 1 unspecified atom stereocenters. The zero-order valence-corrected chi connectivity index (χ0v) is 10.3. The fraction of sp³-hybridized carbons (Fsp3) is 0.385. The van der Waals surface area contributed by atoms with Crippen LogP contribution in [0.2, 0.25) is 0 Å². The van der Waals surface area contributed by atoms with Crippen LogP contribution >= 0.6 is 0 Å². The second kappa shape index (κ2) is 4.99. The number of hydrogen-bond acceptors (Lipinski definition) is 2. The van der Waals surface area contributed by atoms with Crippen LogP contribution in [0.3, 0.4) is 0 Å². The summed E-state index contributed by atoms with van der Waals surface area (Å²) in [6.45, 7) is 3.59. The molecule has 4 heteroatoms. The van der Waals surface area contributed by atoms with Gasteiger partial charge in [0, 0.05) is 7.05 Å². The smallest absolute Gasteiger partial charge is 0.334 e. The molecule has 92 valence electrons. The van der Waals surface area contributed by atoms with Gasteiger partial charge in [0.2, 0.25) is 6.41 Å². The fourth-order valence-corrected chi connectivity index (χ4v) is 2.24. The van der Waals surface area contributed by atoms with Crippen LogP contribution in [0, 0.1) is 5.92 Å². The summed E-state index contributed by atoms with van der Waals surface area (Å²) in [4.78, 5) is 23.9. The minimum atomic E-state index is -1.32. The van der Waals surface area contributed by atoms with Crippen LogP contribution in [0.5, 0.6) is 0 Å². The molecule has 0 aliphatic heterocycles. The number of carboxylic acid groups (broad SMARTS) is 1. The Morgan fingerprint density at radius 2 is 1.88 bits per heavy atom. The van der Waals surface area contributed by atoms with Crippen molar-refractivity contribution >= 4 is 12.4 Å². The fourth-order valence-electron chi connectivity index (χ4n) is 2.24. The van der Waals surface area contributed by atoms with Crippen LogP contribution in [0.25, 0.3) is 0 Å². The highest BCUT2D eigenvalue weighted by molar-refractivity contribution is 5.83. The molecule has 0 heterocycles. The van der Waals surface area contributed by atoms with Gasteiger partial charge in [-0.15, -0.1) is 0 Å². The number of carbonyl (C=O) groups is 2. The van der Waals surface area contributed by atoms with E-state index in [2.05, 4.69) is 0 Å². The Labute approximate surface area is 101 Å². The van der Waals surface area contributed by atoms with E-state index < -0.39 is 11.5 Å². The lowest BCUT2D eigenvalue weighted by Gasteiger charge is -2.39. The predicted octanol–water partition coefficient (Wildman–Crippen LogP) is 1.71. The van der Waals surface area contributed by atoms with Gasteiger partial charge in [0.25, 0.3) is 0 Å². The maximum atomic E-state index is 11.7. The first-order valence-electron chi connectivity index (χ1n) is 5.45. The SMILES string of the molecule is CC(C)C(C(=O)O)(c1ccccc1)N(C)C=O. The van der Waals surface area contributed by atoms with Crippen LogP contribution in [-0.4, -0.2) is 29.4 Å². The van der Waals surface area contributed by atoms with Crippen LogP contribution in [0.1, 0.15) is 19.4 Å². The molecule has 4 nitrogen and oxygen atoms in total. The third-order valence-electron chi connectivity index (χ3n) is 3.09. The Kier molecular flexibility index (Phi) is 3.89. The van der Waals surface area contributed by atoms with Crippen molar-refractivity contribution in [3.63, 3.8) is 0 Å². The minimum Gasteiger partial charge on any atom is -0.479 e. The lowest BCUT2D eigenvalue weighted by atomic mass is 9.79. The van der Waals surface area contributed by atoms with Crippen LogP contribution < -0.4 is 0 Å². The number of likely N-dealkylation sites (N-methyl/N-ethyl adjacent to an activating group) is 1. The van der Waals surface area contributed by atoms with Crippen molar-refractivity contribution in [3.05, 3.63) is 35.9 Å². The normalized spacial score (nSPS) is 14.1. The van der Waals surface area contributed by atoms with Crippen molar-refractivity contribution in [1.82, 2.24) is 4.90 Å². The number of nitrogens with zero attached hydrogens (tertiary/aromatic N) is 1. The molecule has 1 amide bonds. The monoisotopic (exact) mass is 235 g/mol. The van der Waals surface area contributed by atoms with E-state index in [0.29, 0.717) is 12.0 Å². The molecular formula is C13H17NO3. The molecule has 0 aliphatic rings. The van der Waals surface area contributed by atoms with Gasteiger partial charge in [-0.05, 0) is 11.5 Å². The third kappa shape index (κ3) is 2.02. The van der Waals surface area contributed by atoms with Gasteiger partial charge in [0.1, 0.15) is 0 Å².